The Morgan fingerprint density at radius 1 is 1.31 bits per heavy atom. The summed E-state index contributed by atoms with van der Waals surface area (Å²) in [5, 5.41) is 8.09. The van der Waals surface area contributed by atoms with Gasteiger partial charge in [0.25, 0.3) is 0 Å². The van der Waals surface area contributed by atoms with Gasteiger partial charge in [0, 0.05) is 25.2 Å². The molecule has 1 aromatic carbocycles. The Bertz CT molecular complexity index is 561. The van der Waals surface area contributed by atoms with Crippen LogP contribution in [0.3, 0.4) is 0 Å². The van der Waals surface area contributed by atoms with E-state index in [1.54, 1.807) is 0 Å². The highest BCUT2D eigenvalue weighted by atomic mass is 15.4. The van der Waals surface area contributed by atoms with E-state index in [1.165, 1.54) is 5.56 Å². The van der Waals surface area contributed by atoms with Crippen molar-refractivity contribution in [3.05, 3.63) is 29.5 Å². The first-order chi connectivity index (χ1) is 7.75. The lowest BCUT2D eigenvalue weighted by Crippen LogP contribution is -1.95. The van der Waals surface area contributed by atoms with Crippen molar-refractivity contribution in [2.24, 2.45) is 12.0 Å². The predicted octanol–water partition coefficient (Wildman–Crippen LogP) is 2.05. The number of rotatable bonds is 1. The van der Waals surface area contributed by atoms with Gasteiger partial charge >= 0.3 is 0 Å². The Labute approximate surface area is 93.6 Å². The zero-order chi connectivity index (χ0) is 11.1. The molecule has 4 nitrogen and oxygen atoms in total. The molecule has 0 radical (unpaired) electrons. The second-order valence-corrected chi connectivity index (χ2v) is 4.01. The van der Waals surface area contributed by atoms with Crippen molar-refractivity contribution in [3.63, 3.8) is 0 Å². The third-order valence-electron chi connectivity index (χ3n) is 2.89. The second kappa shape index (κ2) is 3.27. The van der Waals surface area contributed by atoms with Crippen molar-refractivity contribution in [2.45, 2.75) is 13.3 Å². The average molecular weight is 212 g/mol. The van der Waals surface area contributed by atoms with Crippen molar-refractivity contribution < 1.29 is 0 Å². The molecule has 0 saturated carbocycles. The lowest BCUT2D eigenvalue weighted by Gasteiger charge is -2.04. The molecule has 1 aliphatic heterocycles. The van der Waals surface area contributed by atoms with E-state index in [9.17, 15) is 0 Å². The fraction of sp³-hybridized carbons (Fsp3) is 0.250. The van der Waals surface area contributed by atoms with Gasteiger partial charge in [-0.3, -0.25) is 4.99 Å². The lowest BCUT2D eigenvalue weighted by atomic mass is 10.0. The maximum atomic E-state index is 4.30. The molecule has 0 saturated heterocycles. The van der Waals surface area contributed by atoms with Crippen LogP contribution in [0.2, 0.25) is 0 Å². The summed E-state index contributed by atoms with van der Waals surface area (Å²) in [6.07, 6.45) is 2.87. The highest BCUT2D eigenvalue weighted by Gasteiger charge is 2.12. The fourth-order valence-electron chi connectivity index (χ4n) is 2.12. The molecule has 3 rings (SSSR count). The monoisotopic (exact) mass is 212 g/mol. The third-order valence-corrected chi connectivity index (χ3v) is 2.89. The van der Waals surface area contributed by atoms with Crippen LogP contribution in [-0.4, -0.2) is 21.2 Å². The highest BCUT2D eigenvalue weighted by Crippen LogP contribution is 2.30. The molecule has 0 unspecified atom stereocenters. The number of benzene rings is 1. The van der Waals surface area contributed by atoms with Crippen molar-refractivity contribution in [3.8, 4) is 11.3 Å². The highest BCUT2D eigenvalue weighted by molar-refractivity contribution is 5.78. The molecular weight excluding hydrogens is 200 g/mol. The van der Waals surface area contributed by atoms with E-state index in [1.807, 2.05) is 24.9 Å². The van der Waals surface area contributed by atoms with E-state index in [0.717, 1.165) is 29.1 Å². The first-order valence-electron chi connectivity index (χ1n) is 5.28. The summed E-state index contributed by atoms with van der Waals surface area (Å²) >= 11 is 0. The maximum Gasteiger partial charge on any atom is 0.0911 e. The predicted molar refractivity (Wildman–Crippen MR) is 63.0 cm³/mol. The van der Waals surface area contributed by atoms with Gasteiger partial charge in [0.2, 0.25) is 0 Å². The summed E-state index contributed by atoms with van der Waals surface area (Å²) in [6, 6.07) is 6.31. The van der Waals surface area contributed by atoms with Gasteiger partial charge in [-0.1, -0.05) is 11.3 Å². The maximum absolute atomic E-state index is 4.30. The molecule has 0 bridgehead atoms. The topological polar surface area (TPSA) is 43.1 Å². The van der Waals surface area contributed by atoms with Crippen molar-refractivity contribution >= 4 is 11.9 Å². The molecule has 0 atom stereocenters. The van der Waals surface area contributed by atoms with Gasteiger partial charge in [-0.05, 0) is 24.6 Å². The SMILES string of the molecule is Cc1nnn(C)c1-c1ccc2c(c1)CC=N2. The molecule has 0 amide bonds. The average Bonchev–Trinajstić information content (AvgIpc) is 2.85. The first kappa shape index (κ1) is 9.27. The zero-order valence-electron chi connectivity index (χ0n) is 9.31. The molecule has 4 heteroatoms. The Morgan fingerprint density at radius 3 is 2.94 bits per heavy atom. The number of fused-ring (bicyclic) bond motifs is 1. The fourth-order valence-corrected chi connectivity index (χ4v) is 2.12. The Balaban J connectivity index is 2.15. The lowest BCUT2D eigenvalue weighted by molar-refractivity contribution is 0.719. The Hall–Kier alpha value is -1.97. The minimum absolute atomic E-state index is 0.924. The molecule has 2 heterocycles. The summed E-state index contributed by atoms with van der Waals surface area (Å²) in [5.74, 6) is 0. The Morgan fingerprint density at radius 2 is 2.19 bits per heavy atom. The molecule has 16 heavy (non-hydrogen) atoms. The minimum Gasteiger partial charge on any atom is -0.261 e. The van der Waals surface area contributed by atoms with E-state index in [4.69, 9.17) is 0 Å². The van der Waals surface area contributed by atoms with Crippen molar-refractivity contribution in [1.82, 2.24) is 15.0 Å². The van der Waals surface area contributed by atoms with Gasteiger partial charge in [0.1, 0.15) is 0 Å². The van der Waals surface area contributed by atoms with E-state index in [-0.39, 0.29) is 0 Å². The summed E-state index contributed by atoms with van der Waals surface area (Å²) in [7, 11) is 1.92. The minimum atomic E-state index is 0.924. The van der Waals surface area contributed by atoms with Crippen LogP contribution in [0.15, 0.2) is 23.2 Å². The van der Waals surface area contributed by atoms with Gasteiger partial charge in [-0.15, -0.1) is 5.10 Å². The first-order valence-corrected chi connectivity index (χ1v) is 5.28. The van der Waals surface area contributed by atoms with Gasteiger partial charge in [-0.25, -0.2) is 4.68 Å². The third kappa shape index (κ3) is 1.26. The smallest absolute Gasteiger partial charge is 0.0911 e. The summed E-state index contributed by atoms with van der Waals surface area (Å²) < 4.78 is 1.81. The van der Waals surface area contributed by atoms with E-state index in [0.29, 0.717) is 0 Å². The molecule has 1 aliphatic rings. The second-order valence-electron chi connectivity index (χ2n) is 4.01. The number of hydrogen-bond donors (Lipinski definition) is 0. The van der Waals surface area contributed by atoms with E-state index in [2.05, 4.69) is 33.5 Å². The number of aryl methyl sites for hydroxylation is 2. The van der Waals surface area contributed by atoms with Gasteiger partial charge < -0.3 is 0 Å². The molecule has 0 spiro atoms. The zero-order valence-corrected chi connectivity index (χ0v) is 9.31. The molecule has 2 aromatic rings. The van der Waals surface area contributed by atoms with Crippen LogP contribution in [0.5, 0.6) is 0 Å². The number of hydrogen-bond acceptors (Lipinski definition) is 3. The van der Waals surface area contributed by atoms with Crippen LogP contribution in [0.4, 0.5) is 5.69 Å². The van der Waals surface area contributed by atoms with Crippen LogP contribution < -0.4 is 0 Å². The molecule has 0 N–H and O–H groups in total. The van der Waals surface area contributed by atoms with Crippen LogP contribution >= 0.6 is 0 Å². The largest absolute Gasteiger partial charge is 0.261 e. The molecule has 0 fully saturated rings. The molecular formula is C12H12N4. The standard InChI is InChI=1S/C12H12N4/c1-8-12(16(2)15-14-8)10-3-4-11-9(7-10)5-6-13-11/h3-4,6-7H,5H2,1-2H3. The quantitative estimate of drug-likeness (QED) is 0.726. The Kier molecular flexibility index (Phi) is 1.89. The van der Waals surface area contributed by atoms with Crippen LogP contribution in [0.25, 0.3) is 11.3 Å². The van der Waals surface area contributed by atoms with Crippen molar-refractivity contribution in [2.75, 3.05) is 0 Å². The van der Waals surface area contributed by atoms with Gasteiger partial charge in [0.15, 0.2) is 0 Å². The van der Waals surface area contributed by atoms with Gasteiger partial charge in [0.05, 0.1) is 17.1 Å². The van der Waals surface area contributed by atoms with E-state index < -0.39 is 0 Å². The summed E-state index contributed by atoms with van der Waals surface area (Å²) in [4.78, 5) is 4.30. The number of aliphatic imine (C=N–C) groups is 1. The van der Waals surface area contributed by atoms with Crippen LogP contribution in [0.1, 0.15) is 11.3 Å². The van der Waals surface area contributed by atoms with Crippen LogP contribution in [0, 0.1) is 6.92 Å². The summed E-state index contributed by atoms with van der Waals surface area (Å²) in [5.41, 5.74) is 5.56. The number of nitrogens with zero attached hydrogens (tertiary/aromatic N) is 4. The van der Waals surface area contributed by atoms with Gasteiger partial charge in [-0.2, -0.15) is 0 Å². The molecule has 0 aliphatic carbocycles. The van der Waals surface area contributed by atoms with Crippen molar-refractivity contribution in [1.29, 1.82) is 0 Å². The van der Waals surface area contributed by atoms with E-state index >= 15 is 0 Å². The number of aromatic nitrogens is 3. The normalized spacial score (nSPS) is 13.1. The molecule has 1 aromatic heterocycles. The van der Waals surface area contributed by atoms with Crippen LogP contribution in [-0.2, 0) is 13.5 Å². The molecule has 80 valence electrons. The summed E-state index contributed by atoms with van der Waals surface area (Å²) in [6.45, 7) is 1.98.